The van der Waals surface area contributed by atoms with E-state index >= 15 is 0 Å². The largest absolute Gasteiger partial charge is 0.340 e. The molecular weight excluding hydrogens is 362 g/mol. The van der Waals surface area contributed by atoms with E-state index < -0.39 is 10.0 Å². The topological polar surface area (TPSA) is 60.9 Å². The molecule has 2 heterocycles. The van der Waals surface area contributed by atoms with Gasteiger partial charge in [-0.1, -0.05) is 6.07 Å². The number of rotatable bonds is 3. The molecule has 0 aromatic heterocycles. The molecule has 2 fully saturated rings. The first-order valence-electron chi connectivity index (χ1n) is 10.0. The lowest BCUT2D eigenvalue weighted by Gasteiger charge is -2.37. The minimum atomic E-state index is -3.48. The number of hydrogen-bond donors (Lipinski definition) is 0. The summed E-state index contributed by atoms with van der Waals surface area (Å²) in [5.41, 5.74) is 2.45. The Morgan fingerprint density at radius 2 is 1.74 bits per heavy atom. The Morgan fingerprint density at radius 3 is 2.48 bits per heavy atom. The smallest absolute Gasteiger partial charge is 0.243 e. The molecule has 0 unspecified atom stereocenters. The summed E-state index contributed by atoms with van der Waals surface area (Å²) in [5, 5.41) is 0. The SMILES string of the molecule is CN1CCC[C@@H](C(=O)N2CCN(S(=O)(=O)c3ccc4c(c3)CCC4)CC2)C1. The summed E-state index contributed by atoms with van der Waals surface area (Å²) in [6.07, 6.45) is 5.12. The van der Waals surface area contributed by atoms with Gasteiger partial charge in [0.15, 0.2) is 0 Å². The predicted molar refractivity (Wildman–Crippen MR) is 104 cm³/mol. The van der Waals surface area contributed by atoms with Crippen LogP contribution < -0.4 is 0 Å². The van der Waals surface area contributed by atoms with Crippen molar-refractivity contribution in [2.75, 3.05) is 46.3 Å². The fraction of sp³-hybridized carbons (Fsp3) is 0.650. The average molecular weight is 392 g/mol. The van der Waals surface area contributed by atoms with Crippen LogP contribution in [0.25, 0.3) is 0 Å². The molecule has 1 amide bonds. The number of piperazine rings is 1. The molecule has 0 radical (unpaired) electrons. The molecular formula is C20H29N3O3S. The summed E-state index contributed by atoms with van der Waals surface area (Å²) in [6.45, 7) is 3.61. The Kier molecular flexibility index (Phi) is 5.27. The summed E-state index contributed by atoms with van der Waals surface area (Å²) >= 11 is 0. The van der Waals surface area contributed by atoms with E-state index in [1.54, 1.807) is 10.4 Å². The van der Waals surface area contributed by atoms with Gasteiger partial charge in [-0.2, -0.15) is 4.31 Å². The Hall–Kier alpha value is -1.44. The van der Waals surface area contributed by atoms with Crippen molar-refractivity contribution in [1.82, 2.24) is 14.1 Å². The molecule has 148 valence electrons. The number of hydrogen-bond acceptors (Lipinski definition) is 4. The third kappa shape index (κ3) is 3.77. The Bertz CT molecular complexity index is 816. The van der Waals surface area contributed by atoms with E-state index in [1.807, 2.05) is 17.0 Å². The minimum absolute atomic E-state index is 0.0589. The van der Waals surface area contributed by atoms with Gasteiger partial charge in [0.1, 0.15) is 0 Å². The standard InChI is InChI=1S/C20H29N3O3S/c1-21-9-3-6-18(15-21)20(24)22-10-12-23(13-11-22)27(25,26)19-8-7-16-4-2-5-17(16)14-19/h7-8,14,18H,2-6,9-13,15H2,1H3/t18-/m1/s1. The van der Waals surface area contributed by atoms with Gasteiger partial charge in [-0.15, -0.1) is 0 Å². The van der Waals surface area contributed by atoms with E-state index in [0.717, 1.165) is 45.2 Å². The maximum Gasteiger partial charge on any atom is 0.243 e. The Morgan fingerprint density at radius 1 is 1.00 bits per heavy atom. The number of aryl methyl sites for hydroxylation is 2. The van der Waals surface area contributed by atoms with Gasteiger partial charge < -0.3 is 9.80 Å². The van der Waals surface area contributed by atoms with Crippen molar-refractivity contribution in [2.24, 2.45) is 5.92 Å². The maximum atomic E-state index is 13.0. The van der Waals surface area contributed by atoms with Crippen LogP contribution in [0.4, 0.5) is 0 Å². The van der Waals surface area contributed by atoms with Crippen molar-refractivity contribution in [2.45, 2.75) is 37.0 Å². The van der Waals surface area contributed by atoms with Gasteiger partial charge in [0.2, 0.25) is 15.9 Å². The third-order valence-electron chi connectivity index (χ3n) is 6.23. The number of fused-ring (bicyclic) bond motifs is 1. The highest BCUT2D eigenvalue weighted by Gasteiger charge is 2.34. The summed E-state index contributed by atoms with van der Waals surface area (Å²) in [7, 11) is -1.42. The first kappa shape index (κ1) is 18.9. The normalized spacial score (nSPS) is 24.8. The molecule has 7 heteroatoms. The van der Waals surface area contributed by atoms with E-state index in [1.165, 1.54) is 11.1 Å². The minimum Gasteiger partial charge on any atom is -0.340 e. The number of nitrogens with zero attached hydrogens (tertiary/aromatic N) is 3. The van der Waals surface area contributed by atoms with Crippen LogP contribution >= 0.6 is 0 Å². The molecule has 6 nitrogen and oxygen atoms in total. The highest BCUT2D eigenvalue weighted by Crippen LogP contribution is 2.27. The summed E-state index contributed by atoms with van der Waals surface area (Å²) in [5.74, 6) is 0.250. The second-order valence-corrected chi connectivity index (χ2v) is 10.1. The molecule has 1 aromatic carbocycles. The van der Waals surface area contributed by atoms with Crippen molar-refractivity contribution in [1.29, 1.82) is 0 Å². The van der Waals surface area contributed by atoms with Gasteiger partial charge in [-0.3, -0.25) is 4.79 Å². The maximum absolute atomic E-state index is 13.0. The number of carbonyl (C=O) groups is 1. The van der Waals surface area contributed by atoms with Gasteiger partial charge in [-0.05, 0) is 69.0 Å². The van der Waals surface area contributed by atoms with E-state index in [4.69, 9.17) is 0 Å². The number of sulfonamides is 1. The monoisotopic (exact) mass is 391 g/mol. The van der Waals surface area contributed by atoms with Crippen molar-refractivity contribution >= 4 is 15.9 Å². The van der Waals surface area contributed by atoms with Crippen LogP contribution in [0.5, 0.6) is 0 Å². The molecule has 0 saturated carbocycles. The number of likely N-dealkylation sites (tertiary alicyclic amines) is 1. The molecule has 2 aliphatic heterocycles. The lowest BCUT2D eigenvalue weighted by Crippen LogP contribution is -2.53. The van der Waals surface area contributed by atoms with Crippen LogP contribution in [0.2, 0.25) is 0 Å². The average Bonchev–Trinajstić information content (AvgIpc) is 3.15. The van der Waals surface area contributed by atoms with Gasteiger partial charge in [-0.25, -0.2) is 8.42 Å². The molecule has 27 heavy (non-hydrogen) atoms. The fourth-order valence-electron chi connectivity index (χ4n) is 4.63. The van der Waals surface area contributed by atoms with Crippen molar-refractivity contribution < 1.29 is 13.2 Å². The fourth-order valence-corrected chi connectivity index (χ4v) is 6.11. The molecule has 1 aliphatic carbocycles. The van der Waals surface area contributed by atoms with E-state index in [-0.39, 0.29) is 11.8 Å². The zero-order chi connectivity index (χ0) is 19.0. The first-order chi connectivity index (χ1) is 12.9. The summed E-state index contributed by atoms with van der Waals surface area (Å²) < 4.78 is 27.6. The predicted octanol–water partition coefficient (Wildman–Crippen LogP) is 1.35. The zero-order valence-electron chi connectivity index (χ0n) is 16.1. The Balaban J connectivity index is 1.40. The number of piperidine rings is 1. The van der Waals surface area contributed by atoms with Crippen LogP contribution in [-0.4, -0.2) is 74.7 Å². The quantitative estimate of drug-likeness (QED) is 0.780. The van der Waals surface area contributed by atoms with Gasteiger partial charge in [0, 0.05) is 32.7 Å². The molecule has 2 saturated heterocycles. The lowest BCUT2D eigenvalue weighted by atomic mass is 9.97. The van der Waals surface area contributed by atoms with Crippen LogP contribution in [0.15, 0.2) is 23.1 Å². The van der Waals surface area contributed by atoms with E-state index in [2.05, 4.69) is 11.9 Å². The summed E-state index contributed by atoms with van der Waals surface area (Å²) in [4.78, 5) is 17.3. The number of benzene rings is 1. The third-order valence-corrected chi connectivity index (χ3v) is 8.13. The van der Waals surface area contributed by atoms with Crippen molar-refractivity contribution in [3.05, 3.63) is 29.3 Å². The van der Waals surface area contributed by atoms with Gasteiger partial charge in [0.25, 0.3) is 0 Å². The Labute approximate surface area is 162 Å². The summed E-state index contributed by atoms with van der Waals surface area (Å²) in [6, 6.07) is 5.57. The number of amides is 1. The molecule has 0 N–H and O–H groups in total. The van der Waals surface area contributed by atoms with Crippen LogP contribution in [0.1, 0.15) is 30.4 Å². The molecule has 1 aromatic rings. The van der Waals surface area contributed by atoms with Crippen molar-refractivity contribution in [3.63, 3.8) is 0 Å². The molecule has 0 spiro atoms. The van der Waals surface area contributed by atoms with E-state index in [9.17, 15) is 13.2 Å². The van der Waals surface area contributed by atoms with Crippen LogP contribution in [0, 0.1) is 5.92 Å². The van der Waals surface area contributed by atoms with E-state index in [0.29, 0.717) is 31.1 Å². The molecule has 0 bridgehead atoms. The second-order valence-electron chi connectivity index (χ2n) is 8.11. The lowest BCUT2D eigenvalue weighted by molar-refractivity contribution is -0.138. The molecule has 1 atom stereocenters. The van der Waals surface area contributed by atoms with Gasteiger partial charge in [0.05, 0.1) is 10.8 Å². The highest BCUT2D eigenvalue weighted by atomic mass is 32.2. The zero-order valence-corrected chi connectivity index (χ0v) is 16.9. The van der Waals surface area contributed by atoms with Crippen LogP contribution in [0.3, 0.4) is 0 Å². The molecule has 3 aliphatic rings. The van der Waals surface area contributed by atoms with Gasteiger partial charge >= 0.3 is 0 Å². The number of carbonyl (C=O) groups excluding carboxylic acids is 1. The molecule has 4 rings (SSSR count). The van der Waals surface area contributed by atoms with Crippen molar-refractivity contribution in [3.8, 4) is 0 Å². The highest BCUT2D eigenvalue weighted by molar-refractivity contribution is 7.89. The van der Waals surface area contributed by atoms with Crippen LogP contribution in [-0.2, 0) is 27.7 Å². The second kappa shape index (κ2) is 7.53. The first-order valence-corrected chi connectivity index (χ1v) is 11.5.